The molecule has 3 N–H and O–H groups in total. The molecule has 0 aliphatic heterocycles. The fourth-order valence-corrected chi connectivity index (χ4v) is 1.48. The summed E-state index contributed by atoms with van der Waals surface area (Å²) in [7, 11) is 0. The first kappa shape index (κ1) is 12.3. The van der Waals surface area contributed by atoms with Crippen LogP contribution in [0.3, 0.4) is 0 Å². The predicted octanol–water partition coefficient (Wildman–Crippen LogP) is 0.798. The van der Waals surface area contributed by atoms with E-state index in [1.165, 1.54) is 0 Å². The molecule has 1 aromatic carbocycles. The molecular weight excluding hydrogens is 230 g/mol. The van der Waals surface area contributed by atoms with Crippen LogP contribution in [-0.4, -0.2) is 27.4 Å². The monoisotopic (exact) mass is 245 g/mol. The number of hydrogen-bond acceptors (Lipinski definition) is 4. The van der Waals surface area contributed by atoms with E-state index in [9.17, 15) is 4.79 Å². The van der Waals surface area contributed by atoms with Crippen LogP contribution in [0.15, 0.2) is 30.5 Å². The van der Waals surface area contributed by atoms with Crippen molar-refractivity contribution in [3.63, 3.8) is 0 Å². The lowest BCUT2D eigenvalue weighted by atomic mass is 10.2. The summed E-state index contributed by atoms with van der Waals surface area (Å²) < 4.78 is 1.55. The third kappa shape index (κ3) is 2.92. The quantitative estimate of drug-likeness (QED) is 0.834. The van der Waals surface area contributed by atoms with Gasteiger partial charge in [-0.05, 0) is 19.1 Å². The van der Waals surface area contributed by atoms with Crippen molar-refractivity contribution in [1.82, 2.24) is 15.0 Å². The maximum absolute atomic E-state index is 11.9. The van der Waals surface area contributed by atoms with Crippen LogP contribution in [0.2, 0.25) is 0 Å². The summed E-state index contributed by atoms with van der Waals surface area (Å²) in [5.41, 5.74) is 7.55. The van der Waals surface area contributed by atoms with Crippen molar-refractivity contribution in [2.75, 3.05) is 11.9 Å². The molecule has 1 amide bonds. The molecule has 0 aliphatic carbocycles. The van der Waals surface area contributed by atoms with Gasteiger partial charge in [-0.2, -0.15) is 0 Å². The number of rotatable bonds is 4. The van der Waals surface area contributed by atoms with Gasteiger partial charge < -0.3 is 11.1 Å². The van der Waals surface area contributed by atoms with Gasteiger partial charge in [-0.15, -0.1) is 5.10 Å². The van der Waals surface area contributed by atoms with Gasteiger partial charge >= 0.3 is 0 Å². The van der Waals surface area contributed by atoms with Gasteiger partial charge in [0, 0.05) is 12.2 Å². The highest BCUT2D eigenvalue weighted by molar-refractivity contribution is 6.02. The van der Waals surface area contributed by atoms with Crippen molar-refractivity contribution in [3.05, 3.63) is 41.7 Å². The van der Waals surface area contributed by atoms with Crippen molar-refractivity contribution in [2.24, 2.45) is 5.73 Å². The number of carbonyl (C=O) groups is 1. The van der Waals surface area contributed by atoms with Crippen molar-refractivity contribution >= 4 is 11.6 Å². The number of nitrogens with one attached hydrogen (secondary N) is 1. The normalized spacial score (nSPS) is 10.3. The third-order valence-electron chi connectivity index (χ3n) is 2.44. The first-order valence-corrected chi connectivity index (χ1v) is 5.67. The molecule has 1 aromatic heterocycles. The summed E-state index contributed by atoms with van der Waals surface area (Å²) in [6, 6.07) is 7.55. The molecule has 6 nitrogen and oxygen atoms in total. The molecule has 6 heteroatoms. The second kappa shape index (κ2) is 5.42. The van der Waals surface area contributed by atoms with Gasteiger partial charge in [-0.25, -0.2) is 0 Å². The summed E-state index contributed by atoms with van der Waals surface area (Å²) in [5.74, 6) is -0.276. The zero-order valence-electron chi connectivity index (χ0n) is 10.1. The van der Waals surface area contributed by atoms with Crippen LogP contribution in [0.25, 0.3) is 0 Å². The Morgan fingerprint density at radius 1 is 1.39 bits per heavy atom. The van der Waals surface area contributed by atoms with Gasteiger partial charge in [-0.3, -0.25) is 9.48 Å². The molecule has 0 saturated carbocycles. The average molecular weight is 245 g/mol. The zero-order valence-corrected chi connectivity index (χ0v) is 10.1. The van der Waals surface area contributed by atoms with Gasteiger partial charge in [0.2, 0.25) is 0 Å². The van der Waals surface area contributed by atoms with Crippen LogP contribution in [0, 0.1) is 6.92 Å². The van der Waals surface area contributed by atoms with E-state index < -0.39 is 0 Å². The molecule has 0 saturated heterocycles. The number of benzene rings is 1. The van der Waals surface area contributed by atoms with Crippen molar-refractivity contribution in [1.29, 1.82) is 0 Å². The van der Waals surface area contributed by atoms with Gasteiger partial charge in [0.05, 0.1) is 12.7 Å². The zero-order chi connectivity index (χ0) is 13.0. The first-order chi connectivity index (χ1) is 8.69. The Morgan fingerprint density at radius 3 is 2.78 bits per heavy atom. The summed E-state index contributed by atoms with van der Waals surface area (Å²) in [6.45, 7) is 3.00. The summed E-state index contributed by atoms with van der Waals surface area (Å²) in [6.07, 6.45) is 1.58. The largest absolute Gasteiger partial charge is 0.329 e. The number of amides is 1. The number of nitrogens with zero attached hydrogens (tertiary/aromatic N) is 3. The molecule has 2 rings (SSSR count). The minimum Gasteiger partial charge on any atom is -0.329 e. The molecule has 1 heterocycles. The molecule has 0 unspecified atom stereocenters. The molecule has 2 aromatic rings. The van der Waals surface area contributed by atoms with Crippen molar-refractivity contribution in [3.8, 4) is 0 Å². The SMILES string of the molecule is Cc1ccc(NC(=O)c2cn(CCN)nn2)cc1. The van der Waals surface area contributed by atoms with E-state index in [2.05, 4.69) is 15.6 Å². The maximum atomic E-state index is 11.9. The Kier molecular flexibility index (Phi) is 3.69. The lowest BCUT2D eigenvalue weighted by Gasteiger charge is -2.02. The number of hydrogen-bond donors (Lipinski definition) is 2. The van der Waals surface area contributed by atoms with E-state index in [0.717, 1.165) is 11.3 Å². The third-order valence-corrected chi connectivity index (χ3v) is 2.44. The minimum absolute atomic E-state index is 0.276. The summed E-state index contributed by atoms with van der Waals surface area (Å²) in [5, 5.41) is 10.4. The Hall–Kier alpha value is -2.21. The van der Waals surface area contributed by atoms with Gasteiger partial charge in [0.15, 0.2) is 5.69 Å². The molecule has 0 bridgehead atoms. The van der Waals surface area contributed by atoms with Gasteiger partial charge in [-0.1, -0.05) is 22.9 Å². The molecule has 94 valence electrons. The topological polar surface area (TPSA) is 85.8 Å². The molecule has 0 fully saturated rings. The van der Waals surface area contributed by atoms with Crippen molar-refractivity contribution in [2.45, 2.75) is 13.5 Å². The standard InChI is InChI=1S/C12H15N5O/c1-9-2-4-10(5-3-9)14-12(18)11-8-17(7-6-13)16-15-11/h2-5,8H,6-7,13H2,1H3,(H,14,18). The molecule has 0 aliphatic rings. The minimum atomic E-state index is -0.276. The summed E-state index contributed by atoms with van der Waals surface area (Å²) >= 11 is 0. The Balaban J connectivity index is 2.04. The number of aromatic nitrogens is 3. The van der Waals surface area contributed by atoms with Crippen molar-refractivity contribution < 1.29 is 4.79 Å². The van der Waals surface area contributed by atoms with Crippen LogP contribution >= 0.6 is 0 Å². The number of aryl methyl sites for hydroxylation is 1. The summed E-state index contributed by atoms with van der Waals surface area (Å²) in [4.78, 5) is 11.9. The second-order valence-corrected chi connectivity index (χ2v) is 3.98. The molecule has 0 atom stereocenters. The highest BCUT2D eigenvalue weighted by atomic mass is 16.2. The first-order valence-electron chi connectivity index (χ1n) is 5.67. The van der Waals surface area contributed by atoms with E-state index in [1.807, 2.05) is 31.2 Å². The number of anilines is 1. The number of carbonyl (C=O) groups excluding carboxylic acids is 1. The van der Waals surface area contributed by atoms with Crippen LogP contribution in [0.4, 0.5) is 5.69 Å². The maximum Gasteiger partial charge on any atom is 0.277 e. The molecule has 0 radical (unpaired) electrons. The number of nitrogens with two attached hydrogens (primary N) is 1. The van der Waals surface area contributed by atoms with E-state index in [4.69, 9.17) is 5.73 Å². The predicted molar refractivity (Wildman–Crippen MR) is 68.2 cm³/mol. The highest BCUT2D eigenvalue weighted by Crippen LogP contribution is 2.09. The Labute approximate surface area is 105 Å². The highest BCUT2D eigenvalue weighted by Gasteiger charge is 2.10. The smallest absolute Gasteiger partial charge is 0.277 e. The fraction of sp³-hybridized carbons (Fsp3) is 0.250. The van der Waals surface area contributed by atoms with Crippen LogP contribution in [-0.2, 0) is 6.54 Å². The fourth-order valence-electron chi connectivity index (χ4n) is 1.48. The molecular formula is C12H15N5O. The van der Waals surface area contributed by atoms with E-state index in [0.29, 0.717) is 13.1 Å². The van der Waals surface area contributed by atoms with Crippen LogP contribution in [0.1, 0.15) is 16.1 Å². The lowest BCUT2D eigenvalue weighted by Crippen LogP contribution is -2.12. The van der Waals surface area contributed by atoms with Crippen LogP contribution < -0.4 is 11.1 Å². The van der Waals surface area contributed by atoms with Gasteiger partial charge in [0.1, 0.15) is 0 Å². The molecule has 18 heavy (non-hydrogen) atoms. The van der Waals surface area contributed by atoms with E-state index >= 15 is 0 Å². The molecule has 0 spiro atoms. The van der Waals surface area contributed by atoms with Crippen LogP contribution in [0.5, 0.6) is 0 Å². The Morgan fingerprint density at radius 2 is 2.11 bits per heavy atom. The van der Waals surface area contributed by atoms with E-state index in [-0.39, 0.29) is 11.6 Å². The Bertz CT molecular complexity index is 532. The van der Waals surface area contributed by atoms with E-state index in [1.54, 1.807) is 10.9 Å². The van der Waals surface area contributed by atoms with Gasteiger partial charge in [0.25, 0.3) is 5.91 Å². The average Bonchev–Trinajstić information content (AvgIpc) is 2.81. The second-order valence-electron chi connectivity index (χ2n) is 3.98. The lowest BCUT2D eigenvalue weighted by molar-refractivity contribution is 0.102.